The van der Waals surface area contributed by atoms with Crippen LogP contribution in [0.4, 0.5) is 11.4 Å². The molecular weight excluding hydrogens is 292 g/mol. The van der Waals surface area contributed by atoms with Crippen LogP contribution in [0.5, 0.6) is 0 Å². The highest BCUT2D eigenvalue weighted by molar-refractivity contribution is 6.04. The number of fused-ring (bicyclic) bond motifs is 1. The smallest absolute Gasteiger partial charge is 0.335 e. The summed E-state index contributed by atoms with van der Waals surface area (Å²) in [5, 5.41) is 12.3. The molecule has 1 amide bonds. The summed E-state index contributed by atoms with van der Waals surface area (Å²) < 4.78 is 0. The van der Waals surface area contributed by atoms with Crippen molar-refractivity contribution in [1.29, 1.82) is 0 Å². The van der Waals surface area contributed by atoms with E-state index in [-0.39, 0.29) is 17.5 Å². The van der Waals surface area contributed by atoms with Gasteiger partial charge in [0, 0.05) is 0 Å². The van der Waals surface area contributed by atoms with E-state index in [1.807, 2.05) is 38.1 Å². The molecule has 0 aromatic heterocycles. The predicted molar refractivity (Wildman–Crippen MR) is 88.9 cm³/mol. The van der Waals surface area contributed by atoms with Gasteiger partial charge in [-0.05, 0) is 49.2 Å². The maximum atomic E-state index is 12.5. The quantitative estimate of drug-likeness (QED) is 0.914. The lowest BCUT2D eigenvalue weighted by Gasteiger charge is -2.34. The second-order valence-corrected chi connectivity index (χ2v) is 5.82. The Kier molecular flexibility index (Phi) is 3.78. The van der Waals surface area contributed by atoms with Crippen molar-refractivity contribution in [1.82, 2.24) is 0 Å². The number of hydrogen-bond acceptors (Lipinski definition) is 3. The molecule has 0 bridgehead atoms. The lowest BCUT2D eigenvalue weighted by Crippen LogP contribution is -2.45. The molecule has 2 aromatic rings. The van der Waals surface area contributed by atoms with Gasteiger partial charge in [0.2, 0.25) is 5.91 Å². The summed E-state index contributed by atoms with van der Waals surface area (Å²) in [5.41, 5.74) is 3.87. The molecule has 2 N–H and O–H groups in total. The maximum Gasteiger partial charge on any atom is 0.335 e. The Morgan fingerprint density at radius 1 is 1.26 bits per heavy atom. The van der Waals surface area contributed by atoms with E-state index in [1.54, 1.807) is 23.1 Å². The fourth-order valence-corrected chi connectivity index (χ4v) is 2.80. The minimum Gasteiger partial charge on any atom is -0.478 e. The molecule has 5 heteroatoms. The number of aromatic carboxylic acids is 1. The van der Waals surface area contributed by atoms with Crippen LogP contribution in [0.25, 0.3) is 0 Å². The van der Waals surface area contributed by atoms with E-state index in [9.17, 15) is 9.59 Å². The Labute approximate surface area is 134 Å². The van der Waals surface area contributed by atoms with Crippen LogP contribution in [-0.4, -0.2) is 23.0 Å². The summed E-state index contributed by atoms with van der Waals surface area (Å²) in [5.74, 6) is -0.995. The minimum atomic E-state index is -0.970. The molecule has 1 unspecified atom stereocenters. The van der Waals surface area contributed by atoms with Gasteiger partial charge >= 0.3 is 5.97 Å². The molecule has 0 saturated heterocycles. The van der Waals surface area contributed by atoms with Crippen molar-refractivity contribution in [2.45, 2.75) is 26.4 Å². The Morgan fingerprint density at radius 2 is 2.04 bits per heavy atom. The molecule has 0 spiro atoms. The van der Waals surface area contributed by atoms with Gasteiger partial charge in [-0.3, -0.25) is 4.79 Å². The van der Waals surface area contributed by atoms with Crippen molar-refractivity contribution < 1.29 is 14.7 Å². The number of aryl methyl sites for hydroxylation is 1. The number of carbonyl (C=O) groups is 2. The van der Waals surface area contributed by atoms with E-state index in [2.05, 4.69) is 5.32 Å². The molecule has 5 nitrogen and oxygen atoms in total. The maximum absolute atomic E-state index is 12.5. The highest BCUT2D eigenvalue weighted by Gasteiger charge is 2.29. The Hall–Kier alpha value is -2.82. The molecule has 1 atom stereocenters. The van der Waals surface area contributed by atoms with E-state index in [0.717, 1.165) is 22.5 Å². The molecule has 23 heavy (non-hydrogen) atoms. The van der Waals surface area contributed by atoms with E-state index < -0.39 is 5.97 Å². The number of amides is 1. The standard InChI is InChI=1S/C18H18N2O3/c1-11-6-7-16-15(8-11)19-12(2)17(21)20(16)10-13-4-3-5-14(9-13)18(22)23/h3-9,12,19H,10H2,1-2H3,(H,22,23). The van der Waals surface area contributed by atoms with Crippen LogP contribution >= 0.6 is 0 Å². The molecule has 0 fully saturated rings. The van der Waals surface area contributed by atoms with Crippen molar-refractivity contribution in [3.8, 4) is 0 Å². The average Bonchev–Trinajstić information content (AvgIpc) is 2.52. The minimum absolute atomic E-state index is 0.0259. The zero-order valence-corrected chi connectivity index (χ0v) is 13.0. The molecule has 2 aromatic carbocycles. The van der Waals surface area contributed by atoms with Gasteiger partial charge in [-0.25, -0.2) is 4.79 Å². The van der Waals surface area contributed by atoms with Gasteiger partial charge < -0.3 is 15.3 Å². The largest absolute Gasteiger partial charge is 0.478 e. The Morgan fingerprint density at radius 3 is 2.78 bits per heavy atom. The first-order valence-electron chi connectivity index (χ1n) is 7.46. The first-order valence-corrected chi connectivity index (χ1v) is 7.46. The molecule has 1 heterocycles. The van der Waals surface area contributed by atoms with Crippen molar-refractivity contribution in [3.63, 3.8) is 0 Å². The van der Waals surface area contributed by atoms with Crippen LogP contribution in [0.15, 0.2) is 42.5 Å². The van der Waals surface area contributed by atoms with Crippen LogP contribution in [0.1, 0.15) is 28.4 Å². The summed E-state index contributed by atoms with van der Waals surface area (Å²) >= 11 is 0. The summed E-state index contributed by atoms with van der Waals surface area (Å²) in [6.07, 6.45) is 0. The van der Waals surface area contributed by atoms with Gasteiger partial charge in [0.15, 0.2) is 0 Å². The molecule has 0 aliphatic carbocycles. The number of anilines is 2. The highest BCUT2D eigenvalue weighted by Crippen LogP contribution is 2.33. The van der Waals surface area contributed by atoms with Gasteiger partial charge in [-0.1, -0.05) is 18.2 Å². The van der Waals surface area contributed by atoms with E-state index in [4.69, 9.17) is 5.11 Å². The van der Waals surface area contributed by atoms with Crippen LogP contribution in [0.3, 0.4) is 0 Å². The number of rotatable bonds is 3. The van der Waals surface area contributed by atoms with Gasteiger partial charge in [-0.2, -0.15) is 0 Å². The van der Waals surface area contributed by atoms with Crippen molar-refractivity contribution in [2.75, 3.05) is 10.2 Å². The summed E-state index contributed by atoms with van der Waals surface area (Å²) in [6, 6.07) is 12.3. The van der Waals surface area contributed by atoms with Crippen molar-refractivity contribution >= 4 is 23.3 Å². The molecule has 0 radical (unpaired) electrons. The predicted octanol–water partition coefficient (Wildman–Crippen LogP) is 3.04. The zero-order valence-electron chi connectivity index (χ0n) is 13.0. The van der Waals surface area contributed by atoms with Crippen molar-refractivity contribution in [3.05, 3.63) is 59.2 Å². The third-order valence-corrected chi connectivity index (χ3v) is 3.97. The van der Waals surface area contributed by atoms with E-state index in [0.29, 0.717) is 6.54 Å². The van der Waals surface area contributed by atoms with Gasteiger partial charge in [0.25, 0.3) is 0 Å². The molecule has 1 aliphatic heterocycles. The zero-order chi connectivity index (χ0) is 16.6. The molecule has 3 rings (SSSR count). The van der Waals surface area contributed by atoms with Gasteiger partial charge in [0.1, 0.15) is 6.04 Å². The van der Waals surface area contributed by atoms with Crippen LogP contribution in [-0.2, 0) is 11.3 Å². The third-order valence-electron chi connectivity index (χ3n) is 3.97. The lowest BCUT2D eigenvalue weighted by molar-refractivity contribution is -0.119. The summed E-state index contributed by atoms with van der Waals surface area (Å²) in [4.78, 5) is 25.4. The number of benzene rings is 2. The van der Waals surface area contributed by atoms with Gasteiger partial charge in [-0.15, -0.1) is 0 Å². The number of nitrogens with zero attached hydrogens (tertiary/aromatic N) is 1. The van der Waals surface area contributed by atoms with Crippen molar-refractivity contribution in [2.24, 2.45) is 0 Å². The topological polar surface area (TPSA) is 69.6 Å². The van der Waals surface area contributed by atoms with E-state index in [1.165, 1.54) is 0 Å². The molecule has 1 aliphatic rings. The van der Waals surface area contributed by atoms with Crippen LogP contribution in [0.2, 0.25) is 0 Å². The Balaban J connectivity index is 1.97. The van der Waals surface area contributed by atoms with Crippen LogP contribution < -0.4 is 10.2 Å². The number of carbonyl (C=O) groups excluding carboxylic acids is 1. The normalized spacial score (nSPS) is 16.7. The fraction of sp³-hybridized carbons (Fsp3) is 0.222. The summed E-state index contributed by atoms with van der Waals surface area (Å²) in [6.45, 7) is 4.18. The number of hydrogen-bond donors (Lipinski definition) is 2. The average molecular weight is 310 g/mol. The summed E-state index contributed by atoms with van der Waals surface area (Å²) in [7, 11) is 0. The van der Waals surface area contributed by atoms with Crippen LogP contribution in [0, 0.1) is 6.92 Å². The molecule has 118 valence electrons. The highest BCUT2D eigenvalue weighted by atomic mass is 16.4. The monoisotopic (exact) mass is 310 g/mol. The van der Waals surface area contributed by atoms with Gasteiger partial charge in [0.05, 0.1) is 23.5 Å². The second kappa shape index (κ2) is 5.76. The number of nitrogens with one attached hydrogen (secondary N) is 1. The lowest BCUT2D eigenvalue weighted by atomic mass is 10.1. The molecule has 0 saturated carbocycles. The number of carboxylic acids is 1. The Bertz CT molecular complexity index is 786. The SMILES string of the molecule is Cc1ccc2c(c1)NC(C)C(=O)N2Cc1cccc(C(=O)O)c1. The second-order valence-electron chi connectivity index (χ2n) is 5.82. The first-order chi connectivity index (χ1) is 11.0. The number of carboxylic acid groups (broad SMARTS) is 1. The fourth-order valence-electron chi connectivity index (χ4n) is 2.80. The third kappa shape index (κ3) is 2.90. The van der Waals surface area contributed by atoms with E-state index >= 15 is 0 Å². The molecular formula is C18H18N2O3. The first kappa shape index (κ1) is 15.1.